The summed E-state index contributed by atoms with van der Waals surface area (Å²) >= 11 is 5.78. The van der Waals surface area contributed by atoms with Crippen LogP contribution >= 0.6 is 11.6 Å². The van der Waals surface area contributed by atoms with Gasteiger partial charge in [0.25, 0.3) is 0 Å². The van der Waals surface area contributed by atoms with Crippen molar-refractivity contribution in [1.82, 2.24) is 15.3 Å². The third kappa shape index (κ3) is 5.45. The standard InChI is InChI=1S/C15H19ClN4O3/c1-15(2,3)23-14(22)17-7-6-12(21)18-9-4-5-10-11(8-9)20-13(16)19-10/h4-5,8H,6-7H2,1-3H3,(H,17,22)(H,18,21)(H,19,20). The predicted octanol–water partition coefficient (Wildman–Crippen LogP) is 3.07. The molecule has 1 aromatic heterocycles. The number of nitrogens with zero attached hydrogens (tertiary/aromatic N) is 1. The van der Waals surface area contributed by atoms with Gasteiger partial charge in [0, 0.05) is 18.7 Å². The molecule has 0 bridgehead atoms. The van der Waals surface area contributed by atoms with Crippen LogP contribution < -0.4 is 10.6 Å². The van der Waals surface area contributed by atoms with E-state index in [4.69, 9.17) is 16.3 Å². The van der Waals surface area contributed by atoms with Gasteiger partial charge in [-0.1, -0.05) is 0 Å². The van der Waals surface area contributed by atoms with Crippen molar-refractivity contribution in [2.24, 2.45) is 0 Å². The van der Waals surface area contributed by atoms with Gasteiger partial charge in [0.2, 0.25) is 11.2 Å². The highest BCUT2D eigenvalue weighted by molar-refractivity contribution is 6.29. The predicted molar refractivity (Wildman–Crippen MR) is 88.6 cm³/mol. The highest BCUT2D eigenvalue weighted by atomic mass is 35.5. The molecule has 0 fully saturated rings. The van der Waals surface area contributed by atoms with Crippen LogP contribution in [-0.4, -0.2) is 34.1 Å². The first-order valence-electron chi connectivity index (χ1n) is 7.15. The normalized spacial score (nSPS) is 11.3. The van der Waals surface area contributed by atoms with Gasteiger partial charge in [-0.05, 0) is 50.6 Å². The van der Waals surface area contributed by atoms with E-state index in [1.807, 2.05) is 0 Å². The Hall–Kier alpha value is -2.28. The molecule has 0 spiro atoms. The zero-order valence-corrected chi connectivity index (χ0v) is 14.0. The molecule has 2 amide bonds. The number of aromatic amines is 1. The Kier molecular flexibility index (Phi) is 5.10. The first kappa shape index (κ1) is 17.1. The number of hydrogen-bond acceptors (Lipinski definition) is 4. The lowest BCUT2D eigenvalue weighted by Crippen LogP contribution is -2.34. The fourth-order valence-corrected chi connectivity index (χ4v) is 2.06. The Morgan fingerprint density at radius 3 is 2.78 bits per heavy atom. The molecule has 2 rings (SSSR count). The van der Waals surface area contributed by atoms with Crippen molar-refractivity contribution in [3.8, 4) is 0 Å². The van der Waals surface area contributed by atoms with Gasteiger partial charge in [0.05, 0.1) is 11.0 Å². The molecule has 1 heterocycles. The van der Waals surface area contributed by atoms with Crippen LogP contribution in [0.2, 0.25) is 5.28 Å². The fraction of sp³-hybridized carbons (Fsp3) is 0.400. The van der Waals surface area contributed by atoms with Gasteiger partial charge in [-0.15, -0.1) is 0 Å². The molecule has 23 heavy (non-hydrogen) atoms. The molecule has 2 aromatic rings. The molecule has 0 unspecified atom stereocenters. The smallest absolute Gasteiger partial charge is 0.407 e. The minimum atomic E-state index is -0.562. The molecule has 0 atom stereocenters. The quantitative estimate of drug-likeness (QED) is 0.798. The van der Waals surface area contributed by atoms with Gasteiger partial charge >= 0.3 is 6.09 Å². The maximum atomic E-state index is 11.9. The van der Waals surface area contributed by atoms with E-state index in [2.05, 4.69) is 20.6 Å². The summed E-state index contributed by atoms with van der Waals surface area (Å²) in [5.74, 6) is -0.217. The van der Waals surface area contributed by atoms with E-state index in [9.17, 15) is 9.59 Å². The van der Waals surface area contributed by atoms with Crippen molar-refractivity contribution in [2.45, 2.75) is 32.8 Å². The average Bonchev–Trinajstić information content (AvgIpc) is 2.75. The van der Waals surface area contributed by atoms with Gasteiger partial charge in [-0.2, -0.15) is 0 Å². The maximum absolute atomic E-state index is 11.9. The minimum absolute atomic E-state index is 0.140. The molecule has 124 valence electrons. The Morgan fingerprint density at radius 1 is 1.35 bits per heavy atom. The van der Waals surface area contributed by atoms with E-state index >= 15 is 0 Å². The van der Waals surface area contributed by atoms with Gasteiger partial charge in [-0.3, -0.25) is 4.79 Å². The molecule has 7 nitrogen and oxygen atoms in total. The van der Waals surface area contributed by atoms with E-state index in [1.165, 1.54) is 0 Å². The Labute approximate surface area is 138 Å². The van der Waals surface area contributed by atoms with Gasteiger partial charge < -0.3 is 20.4 Å². The molecule has 1 aromatic carbocycles. The number of amides is 2. The SMILES string of the molecule is CC(C)(C)OC(=O)NCCC(=O)Nc1ccc2nc(Cl)[nH]c2c1. The molecule has 0 aliphatic rings. The number of anilines is 1. The largest absolute Gasteiger partial charge is 0.444 e. The zero-order chi connectivity index (χ0) is 17.0. The number of fused-ring (bicyclic) bond motifs is 1. The second-order valence-corrected chi connectivity index (χ2v) is 6.34. The number of nitrogens with one attached hydrogen (secondary N) is 3. The molecule has 0 radical (unpaired) electrons. The molecule has 3 N–H and O–H groups in total. The van der Waals surface area contributed by atoms with Gasteiger partial charge in [0.15, 0.2) is 0 Å². The van der Waals surface area contributed by atoms with Crippen molar-refractivity contribution >= 4 is 40.3 Å². The van der Waals surface area contributed by atoms with Crippen LogP contribution in [0.15, 0.2) is 18.2 Å². The van der Waals surface area contributed by atoms with Crippen LogP contribution in [0.5, 0.6) is 0 Å². The first-order chi connectivity index (χ1) is 10.7. The van der Waals surface area contributed by atoms with E-state index < -0.39 is 11.7 Å². The van der Waals surface area contributed by atoms with Crippen molar-refractivity contribution in [1.29, 1.82) is 0 Å². The van der Waals surface area contributed by atoms with Crippen LogP contribution in [0, 0.1) is 0 Å². The molecule has 0 aliphatic carbocycles. The third-order valence-electron chi connectivity index (χ3n) is 2.76. The van der Waals surface area contributed by atoms with Crippen molar-refractivity contribution in [3.05, 3.63) is 23.5 Å². The molecule has 8 heteroatoms. The highest BCUT2D eigenvalue weighted by Crippen LogP contribution is 2.19. The minimum Gasteiger partial charge on any atom is -0.444 e. The summed E-state index contributed by atoms with van der Waals surface area (Å²) in [6.07, 6.45) is -0.403. The molecule has 0 saturated heterocycles. The van der Waals surface area contributed by atoms with Crippen molar-refractivity contribution in [2.75, 3.05) is 11.9 Å². The first-order valence-corrected chi connectivity index (χ1v) is 7.53. The number of halogens is 1. The topological polar surface area (TPSA) is 96.1 Å². The number of hydrogen-bond donors (Lipinski definition) is 3. The fourth-order valence-electron chi connectivity index (χ4n) is 1.87. The Balaban J connectivity index is 1.80. The number of carbonyl (C=O) groups is 2. The monoisotopic (exact) mass is 338 g/mol. The lowest BCUT2D eigenvalue weighted by Gasteiger charge is -2.19. The van der Waals surface area contributed by atoms with Crippen molar-refractivity contribution in [3.63, 3.8) is 0 Å². The van der Waals surface area contributed by atoms with Crippen LogP contribution in [0.25, 0.3) is 11.0 Å². The van der Waals surface area contributed by atoms with Gasteiger partial charge in [0.1, 0.15) is 5.60 Å². The maximum Gasteiger partial charge on any atom is 0.407 e. The lowest BCUT2D eigenvalue weighted by atomic mass is 10.2. The molecular weight excluding hydrogens is 320 g/mol. The lowest BCUT2D eigenvalue weighted by molar-refractivity contribution is -0.116. The summed E-state index contributed by atoms with van der Waals surface area (Å²) < 4.78 is 5.08. The third-order valence-corrected chi connectivity index (χ3v) is 2.94. The molecular formula is C15H19ClN4O3. The number of rotatable bonds is 4. The Morgan fingerprint density at radius 2 is 2.09 bits per heavy atom. The van der Waals surface area contributed by atoms with E-state index in [0.717, 1.165) is 11.0 Å². The zero-order valence-electron chi connectivity index (χ0n) is 13.2. The Bertz CT molecular complexity index is 721. The molecule has 0 aliphatic heterocycles. The molecule has 0 saturated carbocycles. The number of benzene rings is 1. The van der Waals surface area contributed by atoms with Crippen molar-refractivity contribution < 1.29 is 14.3 Å². The second kappa shape index (κ2) is 6.87. The summed E-state index contributed by atoms with van der Waals surface area (Å²) in [4.78, 5) is 30.3. The van der Waals surface area contributed by atoms with Crippen LogP contribution in [-0.2, 0) is 9.53 Å². The summed E-state index contributed by atoms with van der Waals surface area (Å²) in [7, 11) is 0. The van der Waals surface area contributed by atoms with E-state index in [0.29, 0.717) is 11.0 Å². The number of ether oxygens (including phenoxy) is 1. The summed E-state index contributed by atoms with van der Waals surface area (Å²) in [5, 5.41) is 5.57. The number of H-pyrrole nitrogens is 1. The second-order valence-electron chi connectivity index (χ2n) is 5.99. The van der Waals surface area contributed by atoms with Crippen LogP contribution in [0.4, 0.5) is 10.5 Å². The van der Waals surface area contributed by atoms with E-state index in [1.54, 1.807) is 39.0 Å². The number of aromatic nitrogens is 2. The summed E-state index contributed by atoms with van der Waals surface area (Å²) in [6, 6.07) is 5.23. The highest BCUT2D eigenvalue weighted by Gasteiger charge is 2.15. The van der Waals surface area contributed by atoms with Crippen LogP contribution in [0.3, 0.4) is 0 Å². The van der Waals surface area contributed by atoms with Gasteiger partial charge in [-0.25, -0.2) is 9.78 Å². The number of imidazole rings is 1. The van der Waals surface area contributed by atoms with E-state index in [-0.39, 0.29) is 18.9 Å². The number of alkyl carbamates (subject to hydrolysis) is 1. The summed E-state index contributed by atoms with van der Waals surface area (Å²) in [5.41, 5.74) is 1.52. The number of carbonyl (C=O) groups excluding carboxylic acids is 2. The van der Waals surface area contributed by atoms with Crippen LogP contribution in [0.1, 0.15) is 27.2 Å². The average molecular weight is 339 g/mol. The summed E-state index contributed by atoms with van der Waals surface area (Å²) in [6.45, 7) is 5.52.